The summed E-state index contributed by atoms with van der Waals surface area (Å²) in [6.07, 6.45) is 0. The number of halogens is 1. The highest BCUT2D eigenvalue weighted by Gasteiger charge is 2.25. The molecular formula is C12H17ClN2O. The molecule has 16 heavy (non-hydrogen) atoms. The van der Waals surface area contributed by atoms with Crippen molar-refractivity contribution in [2.45, 2.75) is 13.0 Å². The molecule has 1 aliphatic rings. The van der Waals surface area contributed by atoms with Gasteiger partial charge in [0.25, 0.3) is 0 Å². The Hall–Kier alpha value is -0.770. The molecule has 1 heterocycles. The average Bonchev–Trinajstić information content (AvgIpc) is 2.18. The lowest BCUT2D eigenvalue weighted by atomic mass is 9.89. The Kier molecular flexibility index (Phi) is 3.69. The summed E-state index contributed by atoms with van der Waals surface area (Å²) in [5.74, 6) is 1.25. The van der Waals surface area contributed by atoms with Crippen molar-refractivity contribution in [1.29, 1.82) is 0 Å². The molecule has 0 saturated carbocycles. The van der Waals surface area contributed by atoms with Gasteiger partial charge in [-0.15, -0.1) is 0 Å². The summed E-state index contributed by atoms with van der Waals surface area (Å²) in [4.78, 5) is 0. The second kappa shape index (κ2) is 5.04. The Balaban J connectivity index is 2.13. The van der Waals surface area contributed by atoms with E-state index in [4.69, 9.17) is 22.1 Å². The first-order valence-electron chi connectivity index (χ1n) is 5.61. The van der Waals surface area contributed by atoms with E-state index in [1.165, 1.54) is 0 Å². The fraction of sp³-hybridized carbons (Fsp3) is 0.500. The van der Waals surface area contributed by atoms with Crippen molar-refractivity contribution in [2.75, 3.05) is 19.7 Å². The second-order valence-electron chi connectivity index (χ2n) is 4.07. The summed E-state index contributed by atoms with van der Waals surface area (Å²) < 4.78 is 5.39. The number of ether oxygens (including phenoxy) is 1. The maximum absolute atomic E-state index is 6.15. The normalized spacial score (nSPS) is 17.9. The molecule has 1 aromatic carbocycles. The quantitative estimate of drug-likeness (QED) is 0.846. The van der Waals surface area contributed by atoms with Crippen LogP contribution in [0, 0.1) is 5.92 Å². The number of nitrogens with one attached hydrogen (secondary N) is 1. The molecule has 0 radical (unpaired) electrons. The molecule has 0 aliphatic carbocycles. The zero-order valence-electron chi connectivity index (χ0n) is 9.37. The number of hydrogen-bond acceptors (Lipinski definition) is 3. The smallest absolute Gasteiger partial charge is 0.137 e. The van der Waals surface area contributed by atoms with Gasteiger partial charge in [-0.1, -0.05) is 17.7 Å². The van der Waals surface area contributed by atoms with E-state index >= 15 is 0 Å². The minimum absolute atomic E-state index is 0.0643. The summed E-state index contributed by atoms with van der Waals surface area (Å²) in [6, 6.07) is 5.87. The first-order chi connectivity index (χ1) is 7.72. The van der Waals surface area contributed by atoms with Crippen LogP contribution in [-0.4, -0.2) is 19.7 Å². The van der Waals surface area contributed by atoms with E-state index in [1.807, 2.05) is 25.1 Å². The Morgan fingerprint density at radius 2 is 2.31 bits per heavy atom. The number of nitrogens with two attached hydrogens (primary N) is 1. The summed E-state index contributed by atoms with van der Waals surface area (Å²) in [5.41, 5.74) is 7.24. The standard InChI is InChI=1S/C12H17ClN2O/c1-2-16-11-4-3-8(5-10(11)13)12(14)9-6-15-7-9/h3-5,9,12,15H,2,6-7,14H2,1H3. The van der Waals surface area contributed by atoms with E-state index in [0.717, 1.165) is 24.4 Å². The third kappa shape index (κ3) is 2.32. The summed E-state index contributed by atoms with van der Waals surface area (Å²) in [5, 5.41) is 3.86. The molecule has 1 unspecified atom stereocenters. The van der Waals surface area contributed by atoms with Gasteiger partial charge in [-0.3, -0.25) is 0 Å². The molecule has 1 aromatic rings. The molecule has 1 saturated heterocycles. The molecule has 3 N–H and O–H groups in total. The van der Waals surface area contributed by atoms with Crippen molar-refractivity contribution in [3.05, 3.63) is 28.8 Å². The van der Waals surface area contributed by atoms with E-state index in [0.29, 0.717) is 17.5 Å². The van der Waals surface area contributed by atoms with Crippen LogP contribution in [0.2, 0.25) is 5.02 Å². The predicted molar refractivity (Wildman–Crippen MR) is 65.9 cm³/mol. The average molecular weight is 241 g/mol. The lowest BCUT2D eigenvalue weighted by Gasteiger charge is -2.32. The number of rotatable bonds is 4. The number of hydrogen-bond donors (Lipinski definition) is 2. The molecule has 4 heteroatoms. The van der Waals surface area contributed by atoms with Gasteiger partial charge in [0, 0.05) is 25.0 Å². The van der Waals surface area contributed by atoms with Crippen LogP contribution in [-0.2, 0) is 0 Å². The lowest BCUT2D eigenvalue weighted by molar-refractivity contribution is 0.294. The molecule has 0 spiro atoms. The van der Waals surface area contributed by atoms with Crippen molar-refractivity contribution >= 4 is 11.6 Å². The maximum Gasteiger partial charge on any atom is 0.137 e. The van der Waals surface area contributed by atoms with Crippen LogP contribution < -0.4 is 15.8 Å². The maximum atomic E-state index is 6.15. The Morgan fingerprint density at radius 3 is 2.81 bits per heavy atom. The van der Waals surface area contributed by atoms with Crippen LogP contribution in [0.5, 0.6) is 5.75 Å². The van der Waals surface area contributed by atoms with E-state index in [2.05, 4.69) is 5.32 Å². The molecular weight excluding hydrogens is 224 g/mol. The minimum Gasteiger partial charge on any atom is -0.492 e. The van der Waals surface area contributed by atoms with Gasteiger partial charge in [0.2, 0.25) is 0 Å². The van der Waals surface area contributed by atoms with Crippen LogP contribution in [0.3, 0.4) is 0 Å². The highest BCUT2D eigenvalue weighted by molar-refractivity contribution is 6.32. The highest BCUT2D eigenvalue weighted by Crippen LogP contribution is 2.30. The first kappa shape index (κ1) is 11.7. The summed E-state index contributed by atoms with van der Waals surface area (Å²) >= 11 is 6.12. The predicted octanol–water partition coefficient (Wildman–Crippen LogP) is 1.96. The van der Waals surface area contributed by atoms with Gasteiger partial charge < -0.3 is 15.8 Å². The molecule has 0 aromatic heterocycles. The van der Waals surface area contributed by atoms with E-state index in [9.17, 15) is 0 Å². The van der Waals surface area contributed by atoms with Crippen LogP contribution in [0.1, 0.15) is 18.5 Å². The van der Waals surface area contributed by atoms with Crippen molar-refractivity contribution in [2.24, 2.45) is 11.7 Å². The lowest BCUT2D eigenvalue weighted by Crippen LogP contribution is -2.47. The van der Waals surface area contributed by atoms with E-state index in [-0.39, 0.29) is 6.04 Å². The first-order valence-corrected chi connectivity index (χ1v) is 5.98. The van der Waals surface area contributed by atoms with Crippen LogP contribution in [0.4, 0.5) is 0 Å². The molecule has 1 atom stereocenters. The molecule has 3 nitrogen and oxygen atoms in total. The summed E-state index contributed by atoms with van der Waals surface area (Å²) in [6.45, 7) is 4.55. The van der Waals surface area contributed by atoms with Crippen molar-refractivity contribution < 1.29 is 4.74 Å². The zero-order chi connectivity index (χ0) is 11.5. The van der Waals surface area contributed by atoms with Crippen molar-refractivity contribution in [1.82, 2.24) is 5.32 Å². The fourth-order valence-electron chi connectivity index (χ4n) is 1.83. The van der Waals surface area contributed by atoms with Crippen molar-refractivity contribution in [3.8, 4) is 5.75 Å². The fourth-order valence-corrected chi connectivity index (χ4v) is 2.08. The topological polar surface area (TPSA) is 47.3 Å². The molecule has 0 bridgehead atoms. The molecule has 0 amide bonds. The zero-order valence-corrected chi connectivity index (χ0v) is 10.1. The number of benzene rings is 1. The molecule has 2 rings (SSSR count). The third-order valence-electron chi connectivity index (χ3n) is 2.96. The van der Waals surface area contributed by atoms with Crippen LogP contribution in [0.25, 0.3) is 0 Å². The van der Waals surface area contributed by atoms with E-state index < -0.39 is 0 Å². The van der Waals surface area contributed by atoms with Gasteiger partial charge in [-0.25, -0.2) is 0 Å². The third-order valence-corrected chi connectivity index (χ3v) is 3.26. The van der Waals surface area contributed by atoms with Gasteiger partial charge in [-0.2, -0.15) is 0 Å². The minimum atomic E-state index is 0.0643. The van der Waals surface area contributed by atoms with Crippen LogP contribution >= 0.6 is 11.6 Å². The van der Waals surface area contributed by atoms with Gasteiger partial charge in [-0.05, 0) is 24.6 Å². The molecule has 1 aliphatic heterocycles. The Bertz CT molecular complexity index is 366. The molecule has 88 valence electrons. The van der Waals surface area contributed by atoms with Gasteiger partial charge in [0.1, 0.15) is 5.75 Å². The van der Waals surface area contributed by atoms with Gasteiger partial charge >= 0.3 is 0 Å². The Labute approximate surface area is 101 Å². The van der Waals surface area contributed by atoms with Gasteiger partial charge in [0.05, 0.1) is 11.6 Å². The second-order valence-corrected chi connectivity index (χ2v) is 4.47. The monoisotopic (exact) mass is 240 g/mol. The largest absolute Gasteiger partial charge is 0.492 e. The molecule has 1 fully saturated rings. The van der Waals surface area contributed by atoms with Gasteiger partial charge in [0.15, 0.2) is 0 Å². The van der Waals surface area contributed by atoms with Crippen molar-refractivity contribution in [3.63, 3.8) is 0 Å². The van der Waals surface area contributed by atoms with E-state index in [1.54, 1.807) is 0 Å². The van der Waals surface area contributed by atoms with Crippen LogP contribution in [0.15, 0.2) is 18.2 Å². The SMILES string of the molecule is CCOc1ccc(C(N)C2CNC2)cc1Cl. The Morgan fingerprint density at radius 1 is 1.56 bits per heavy atom. The highest BCUT2D eigenvalue weighted by atomic mass is 35.5. The summed E-state index contributed by atoms with van der Waals surface area (Å²) in [7, 11) is 0.